The van der Waals surface area contributed by atoms with Crippen molar-refractivity contribution in [2.75, 3.05) is 0 Å². The summed E-state index contributed by atoms with van der Waals surface area (Å²) in [5.74, 6) is 0.698. The van der Waals surface area contributed by atoms with Crippen LogP contribution in [-0.2, 0) is 13.5 Å². The van der Waals surface area contributed by atoms with Crippen molar-refractivity contribution in [1.29, 1.82) is 0 Å². The van der Waals surface area contributed by atoms with Gasteiger partial charge in [-0.3, -0.25) is 4.68 Å². The number of hydrogen-bond acceptors (Lipinski definition) is 3. The molecule has 16 heavy (non-hydrogen) atoms. The smallest absolute Gasteiger partial charge is 0.146 e. The Morgan fingerprint density at radius 1 is 1.50 bits per heavy atom. The molecule has 4 nitrogen and oxygen atoms in total. The molecule has 0 aromatic carbocycles. The minimum atomic E-state index is 0.437. The third-order valence-corrected chi connectivity index (χ3v) is 3.31. The summed E-state index contributed by atoms with van der Waals surface area (Å²) in [6, 6.07) is 0. The van der Waals surface area contributed by atoms with Gasteiger partial charge in [-0.2, -0.15) is 5.10 Å². The second kappa shape index (κ2) is 4.51. The quantitative estimate of drug-likeness (QED) is 0.801. The first kappa shape index (κ1) is 11.5. The first-order chi connectivity index (χ1) is 7.56. The lowest BCUT2D eigenvalue weighted by atomic mass is 10.2. The number of aryl methyl sites for hydroxylation is 2. The molecular formula is C10H10BrClN4. The van der Waals surface area contributed by atoms with Crippen LogP contribution >= 0.6 is 27.5 Å². The molecule has 0 spiro atoms. The molecule has 0 fully saturated rings. The van der Waals surface area contributed by atoms with Gasteiger partial charge < -0.3 is 0 Å². The van der Waals surface area contributed by atoms with Gasteiger partial charge in [-0.25, -0.2) is 9.97 Å². The van der Waals surface area contributed by atoms with E-state index in [1.54, 1.807) is 10.9 Å². The summed E-state index contributed by atoms with van der Waals surface area (Å²) in [4.78, 5) is 8.39. The molecule has 2 rings (SSSR count). The van der Waals surface area contributed by atoms with Crippen LogP contribution in [0.3, 0.4) is 0 Å². The lowest BCUT2D eigenvalue weighted by Gasteiger charge is -2.00. The average Bonchev–Trinajstić information content (AvgIpc) is 2.51. The van der Waals surface area contributed by atoms with Gasteiger partial charge in [0.15, 0.2) is 0 Å². The van der Waals surface area contributed by atoms with E-state index in [4.69, 9.17) is 11.6 Å². The topological polar surface area (TPSA) is 43.6 Å². The van der Waals surface area contributed by atoms with Crippen LogP contribution in [0.25, 0.3) is 0 Å². The lowest BCUT2D eigenvalue weighted by Crippen LogP contribution is -1.97. The first-order valence-corrected chi connectivity index (χ1v) is 5.89. The van der Waals surface area contributed by atoms with Crippen LogP contribution in [0.15, 0.2) is 16.9 Å². The van der Waals surface area contributed by atoms with E-state index in [9.17, 15) is 0 Å². The lowest BCUT2D eigenvalue weighted by molar-refractivity contribution is 0.756. The molecule has 0 aliphatic rings. The Morgan fingerprint density at radius 2 is 2.25 bits per heavy atom. The average molecular weight is 302 g/mol. The molecular weight excluding hydrogens is 291 g/mol. The molecule has 84 valence electrons. The van der Waals surface area contributed by atoms with Crippen LogP contribution in [0.5, 0.6) is 0 Å². The molecule has 0 saturated carbocycles. The molecule has 2 aromatic heterocycles. The Morgan fingerprint density at radius 3 is 2.81 bits per heavy atom. The second-order valence-corrected chi connectivity index (χ2v) is 4.73. The SMILES string of the molecule is Cc1nn(C)cc1Cc1ncc(Br)c(Cl)n1. The minimum absolute atomic E-state index is 0.437. The molecule has 0 saturated heterocycles. The highest BCUT2D eigenvalue weighted by molar-refractivity contribution is 9.10. The summed E-state index contributed by atoms with van der Waals surface area (Å²) >= 11 is 9.17. The number of rotatable bonds is 2. The van der Waals surface area contributed by atoms with Gasteiger partial charge >= 0.3 is 0 Å². The first-order valence-electron chi connectivity index (χ1n) is 4.72. The van der Waals surface area contributed by atoms with Gasteiger partial charge in [-0.1, -0.05) is 11.6 Å². The predicted molar refractivity (Wildman–Crippen MR) is 65.5 cm³/mol. The molecule has 0 atom stereocenters. The van der Waals surface area contributed by atoms with E-state index in [0.717, 1.165) is 11.3 Å². The fraction of sp³-hybridized carbons (Fsp3) is 0.300. The highest BCUT2D eigenvalue weighted by Crippen LogP contribution is 2.19. The van der Waals surface area contributed by atoms with E-state index < -0.39 is 0 Å². The molecule has 0 unspecified atom stereocenters. The largest absolute Gasteiger partial charge is 0.275 e. The summed E-state index contributed by atoms with van der Waals surface area (Å²) in [5.41, 5.74) is 2.10. The van der Waals surface area contributed by atoms with Crippen molar-refractivity contribution >= 4 is 27.5 Å². The number of hydrogen-bond donors (Lipinski definition) is 0. The van der Waals surface area contributed by atoms with Crippen LogP contribution in [0.4, 0.5) is 0 Å². The van der Waals surface area contributed by atoms with E-state index in [0.29, 0.717) is 21.9 Å². The van der Waals surface area contributed by atoms with E-state index in [1.807, 2.05) is 20.2 Å². The number of aromatic nitrogens is 4. The zero-order chi connectivity index (χ0) is 11.7. The van der Waals surface area contributed by atoms with Crippen molar-refractivity contribution in [2.24, 2.45) is 7.05 Å². The molecule has 0 radical (unpaired) electrons. The van der Waals surface area contributed by atoms with Gasteiger partial charge in [0, 0.05) is 31.4 Å². The molecule has 0 amide bonds. The maximum absolute atomic E-state index is 5.91. The van der Waals surface area contributed by atoms with Gasteiger partial charge in [-0.05, 0) is 22.9 Å². The number of nitrogens with zero attached hydrogens (tertiary/aromatic N) is 4. The van der Waals surface area contributed by atoms with Crippen molar-refractivity contribution in [3.8, 4) is 0 Å². The molecule has 6 heteroatoms. The number of halogens is 2. The highest BCUT2D eigenvalue weighted by atomic mass is 79.9. The Balaban J connectivity index is 2.27. The van der Waals surface area contributed by atoms with E-state index in [1.165, 1.54) is 0 Å². The van der Waals surface area contributed by atoms with Gasteiger partial charge in [0.2, 0.25) is 0 Å². The van der Waals surface area contributed by atoms with Gasteiger partial charge in [0.05, 0.1) is 10.2 Å². The van der Waals surface area contributed by atoms with Gasteiger partial charge in [-0.15, -0.1) is 0 Å². The van der Waals surface area contributed by atoms with E-state index >= 15 is 0 Å². The predicted octanol–water partition coefficient (Wildman–Crippen LogP) is 2.53. The van der Waals surface area contributed by atoms with Gasteiger partial charge in [0.25, 0.3) is 0 Å². The third kappa shape index (κ3) is 2.41. The molecule has 0 bridgehead atoms. The van der Waals surface area contributed by atoms with Crippen LogP contribution in [0.2, 0.25) is 5.15 Å². The summed E-state index contributed by atoms with van der Waals surface area (Å²) in [7, 11) is 1.89. The van der Waals surface area contributed by atoms with Crippen molar-refractivity contribution in [2.45, 2.75) is 13.3 Å². The minimum Gasteiger partial charge on any atom is -0.275 e. The molecule has 2 heterocycles. The Kier molecular flexibility index (Phi) is 3.25. The zero-order valence-corrected chi connectivity index (χ0v) is 11.2. The summed E-state index contributed by atoms with van der Waals surface area (Å²) in [6.07, 6.45) is 4.28. The monoisotopic (exact) mass is 300 g/mol. The second-order valence-electron chi connectivity index (χ2n) is 3.52. The van der Waals surface area contributed by atoms with Crippen molar-refractivity contribution in [3.63, 3.8) is 0 Å². The van der Waals surface area contributed by atoms with E-state index in [-0.39, 0.29) is 0 Å². The van der Waals surface area contributed by atoms with Crippen LogP contribution in [-0.4, -0.2) is 19.7 Å². The van der Waals surface area contributed by atoms with Gasteiger partial charge in [0.1, 0.15) is 11.0 Å². The van der Waals surface area contributed by atoms with E-state index in [2.05, 4.69) is 31.0 Å². The summed E-state index contributed by atoms with van der Waals surface area (Å²) in [5, 5.41) is 4.70. The normalized spacial score (nSPS) is 10.8. The summed E-state index contributed by atoms with van der Waals surface area (Å²) in [6.45, 7) is 1.97. The standard InChI is InChI=1S/C10H10BrClN4/c1-6-7(5-16(2)15-6)3-9-13-4-8(11)10(12)14-9/h4-5H,3H2,1-2H3. The third-order valence-electron chi connectivity index (χ3n) is 2.21. The van der Waals surface area contributed by atoms with Crippen molar-refractivity contribution in [1.82, 2.24) is 19.7 Å². The Labute approximate surface area is 107 Å². The van der Waals surface area contributed by atoms with Crippen LogP contribution in [0, 0.1) is 6.92 Å². The molecule has 0 aliphatic heterocycles. The maximum atomic E-state index is 5.91. The van der Waals surface area contributed by atoms with Crippen LogP contribution < -0.4 is 0 Å². The highest BCUT2D eigenvalue weighted by Gasteiger charge is 2.08. The molecule has 0 aliphatic carbocycles. The molecule has 2 aromatic rings. The Hall–Kier alpha value is -0.940. The van der Waals surface area contributed by atoms with Crippen molar-refractivity contribution in [3.05, 3.63) is 39.1 Å². The summed E-state index contributed by atoms with van der Waals surface area (Å²) < 4.78 is 2.49. The fourth-order valence-corrected chi connectivity index (χ4v) is 1.80. The zero-order valence-electron chi connectivity index (χ0n) is 8.91. The Bertz CT molecular complexity index is 524. The van der Waals surface area contributed by atoms with Crippen LogP contribution in [0.1, 0.15) is 17.1 Å². The molecule has 0 N–H and O–H groups in total. The maximum Gasteiger partial charge on any atom is 0.146 e. The van der Waals surface area contributed by atoms with Crippen molar-refractivity contribution < 1.29 is 0 Å². The fourth-order valence-electron chi connectivity index (χ4n) is 1.46.